The summed E-state index contributed by atoms with van der Waals surface area (Å²) < 4.78 is 16.3. The van der Waals surface area contributed by atoms with E-state index >= 15 is 0 Å². The maximum absolute atomic E-state index is 12.8. The van der Waals surface area contributed by atoms with Crippen LogP contribution in [0.2, 0.25) is 0 Å². The molecule has 31 heavy (non-hydrogen) atoms. The van der Waals surface area contributed by atoms with Crippen molar-refractivity contribution in [2.24, 2.45) is 0 Å². The van der Waals surface area contributed by atoms with Gasteiger partial charge < -0.3 is 19.1 Å². The molecule has 0 saturated carbocycles. The molecule has 0 spiro atoms. The lowest BCUT2D eigenvalue weighted by atomic mass is 10.1. The normalized spacial score (nSPS) is 15.9. The van der Waals surface area contributed by atoms with Gasteiger partial charge in [0.05, 0.1) is 12.7 Å². The molecule has 1 atom stereocenters. The Hall–Kier alpha value is -3.28. The Morgan fingerprint density at radius 1 is 1.00 bits per heavy atom. The van der Waals surface area contributed by atoms with Crippen molar-refractivity contribution in [2.45, 2.75) is 52.0 Å². The van der Waals surface area contributed by atoms with Gasteiger partial charge in [0.25, 0.3) is 0 Å². The third-order valence-corrected chi connectivity index (χ3v) is 4.81. The minimum atomic E-state index is -0.612. The Morgan fingerprint density at radius 2 is 1.68 bits per heavy atom. The third kappa shape index (κ3) is 6.35. The van der Waals surface area contributed by atoms with E-state index in [1.165, 1.54) is 0 Å². The van der Waals surface area contributed by atoms with Crippen LogP contribution in [-0.2, 0) is 32.2 Å². The summed E-state index contributed by atoms with van der Waals surface area (Å²) in [6.07, 6.45) is 1.96. The molecule has 0 unspecified atom stereocenters. The molecule has 0 saturated heterocycles. The van der Waals surface area contributed by atoms with E-state index in [9.17, 15) is 9.59 Å². The van der Waals surface area contributed by atoms with Crippen LogP contribution in [0.25, 0.3) is 0 Å². The molecule has 0 N–H and O–H groups in total. The molecule has 6 nitrogen and oxygen atoms in total. The standard InChI is InChI=1S/C25H29NO5/c1-25(2,3)31-24(28)22-14-20(23(27)30-17-19-8-6-5-7-9-19)16-26(22)15-18-10-12-21(29-4)13-11-18/h5-13,16,22H,14-15,17H2,1-4H3/t22-/m0/s1. The van der Waals surface area contributed by atoms with Gasteiger partial charge in [0.2, 0.25) is 0 Å². The Balaban J connectivity index is 1.73. The topological polar surface area (TPSA) is 65.1 Å². The summed E-state index contributed by atoms with van der Waals surface area (Å²) in [5.41, 5.74) is 1.75. The predicted molar refractivity (Wildman–Crippen MR) is 117 cm³/mol. The first-order valence-corrected chi connectivity index (χ1v) is 10.3. The summed E-state index contributed by atoms with van der Waals surface area (Å²) in [7, 11) is 1.62. The van der Waals surface area contributed by atoms with Crippen LogP contribution >= 0.6 is 0 Å². The Kier molecular flexibility index (Phi) is 7.00. The number of rotatable bonds is 7. The Labute approximate surface area is 183 Å². The van der Waals surface area contributed by atoms with Crippen LogP contribution in [0.4, 0.5) is 0 Å². The predicted octanol–water partition coefficient (Wildman–Crippen LogP) is 4.24. The summed E-state index contributed by atoms with van der Waals surface area (Å²) in [5.74, 6) is -0.0210. The molecule has 0 fully saturated rings. The molecule has 6 heteroatoms. The number of hydrogen-bond donors (Lipinski definition) is 0. The van der Waals surface area contributed by atoms with E-state index in [-0.39, 0.29) is 19.0 Å². The second kappa shape index (κ2) is 9.69. The van der Waals surface area contributed by atoms with E-state index in [2.05, 4.69) is 0 Å². The first-order chi connectivity index (χ1) is 14.7. The molecule has 1 aliphatic heterocycles. The minimum absolute atomic E-state index is 0.187. The summed E-state index contributed by atoms with van der Waals surface area (Å²) in [5, 5.41) is 0. The van der Waals surface area contributed by atoms with Crippen LogP contribution in [0.1, 0.15) is 38.3 Å². The number of carbonyl (C=O) groups is 2. The van der Waals surface area contributed by atoms with Crippen molar-refractivity contribution in [1.29, 1.82) is 0 Å². The molecule has 3 rings (SSSR count). The van der Waals surface area contributed by atoms with Crippen LogP contribution in [0.5, 0.6) is 5.75 Å². The highest BCUT2D eigenvalue weighted by atomic mass is 16.6. The van der Waals surface area contributed by atoms with Crippen LogP contribution in [0.15, 0.2) is 66.4 Å². The molecule has 164 valence electrons. The van der Waals surface area contributed by atoms with Gasteiger partial charge in [-0.25, -0.2) is 9.59 Å². The maximum atomic E-state index is 12.8. The van der Waals surface area contributed by atoms with E-state index in [1.54, 1.807) is 13.3 Å². The number of benzene rings is 2. The van der Waals surface area contributed by atoms with Gasteiger partial charge in [-0.2, -0.15) is 0 Å². The van der Waals surface area contributed by atoms with Crippen molar-refractivity contribution >= 4 is 11.9 Å². The monoisotopic (exact) mass is 423 g/mol. The first-order valence-electron chi connectivity index (χ1n) is 10.3. The second-order valence-corrected chi connectivity index (χ2v) is 8.49. The van der Waals surface area contributed by atoms with Gasteiger partial charge in [0.15, 0.2) is 0 Å². The van der Waals surface area contributed by atoms with Crippen molar-refractivity contribution < 1.29 is 23.8 Å². The number of esters is 2. The molecule has 0 amide bonds. The van der Waals surface area contributed by atoms with Crippen molar-refractivity contribution in [1.82, 2.24) is 4.90 Å². The SMILES string of the molecule is COc1ccc(CN2C=C(C(=O)OCc3ccccc3)C[C@H]2C(=O)OC(C)(C)C)cc1. The van der Waals surface area contributed by atoms with Crippen molar-refractivity contribution in [2.75, 3.05) is 7.11 Å². The summed E-state index contributed by atoms with van der Waals surface area (Å²) in [6, 6.07) is 16.5. The van der Waals surface area contributed by atoms with Crippen LogP contribution in [0, 0.1) is 0 Å². The van der Waals surface area contributed by atoms with E-state index in [0.717, 1.165) is 16.9 Å². The van der Waals surface area contributed by atoms with Crippen molar-refractivity contribution in [3.05, 3.63) is 77.5 Å². The van der Waals surface area contributed by atoms with Crippen LogP contribution < -0.4 is 4.74 Å². The first kappa shape index (κ1) is 22.4. The van der Waals surface area contributed by atoms with Crippen LogP contribution in [-0.4, -0.2) is 35.6 Å². The Bertz CT molecular complexity index is 929. The van der Waals surface area contributed by atoms with Gasteiger partial charge in [-0.3, -0.25) is 0 Å². The van der Waals surface area contributed by atoms with Gasteiger partial charge in [-0.05, 0) is 44.0 Å². The zero-order valence-electron chi connectivity index (χ0n) is 18.5. The molecule has 0 aliphatic carbocycles. The van der Waals surface area contributed by atoms with Gasteiger partial charge in [0, 0.05) is 19.2 Å². The summed E-state index contributed by atoms with van der Waals surface area (Å²) in [4.78, 5) is 27.4. The highest BCUT2D eigenvalue weighted by molar-refractivity contribution is 5.91. The van der Waals surface area contributed by atoms with E-state index < -0.39 is 17.6 Å². The maximum Gasteiger partial charge on any atom is 0.335 e. The second-order valence-electron chi connectivity index (χ2n) is 8.49. The zero-order chi connectivity index (χ0) is 22.4. The average molecular weight is 424 g/mol. The molecular formula is C25H29NO5. The Morgan fingerprint density at radius 3 is 2.29 bits per heavy atom. The van der Waals surface area contributed by atoms with Crippen LogP contribution in [0.3, 0.4) is 0 Å². The molecule has 1 heterocycles. The molecule has 0 bridgehead atoms. The summed E-state index contributed by atoms with van der Waals surface area (Å²) >= 11 is 0. The average Bonchev–Trinajstić information content (AvgIpc) is 3.16. The van der Waals surface area contributed by atoms with E-state index in [1.807, 2.05) is 80.3 Å². The minimum Gasteiger partial charge on any atom is -0.497 e. The number of ether oxygens (including phenoxy) is 3. The molecular weight excluding hydrogens is 394 g/mol. The van der Waals surface area contributed by atoms with Crippen molar-refractivity contribution in [3.63, 3.8) is 0 Å². The number of hydrogen-bond acceptors (Lipinski definition) is 6. The molecule has 0 aromatic heterocycles. The van der Waals surface area contributed by atoms with Gasteiger partial charge in [0.1, 0.15) is 24.0 Å². The van der Waals surface area contributed by atoms with E-state index in [0.29, 0.717) is 12.1 Å². The zero-order valence-corrected chi connectivity index (χ0v) is 18.5. The molecule has 0 radical (unpaired) electrons. The fraction of sp³-hybridized carbons (Fsp3) is 0.360. The third-order valence-electron chi connectivity index (χ3n) is 4.81. The van der Waals surface area contributed by atoms with E-state index in [4.69, 9.17) is 14.2 Å². The lowest BCUT2D eigenvalue weighted by Gasteiger charge is -2.28. The fourth-order valence-electron chi connectivity index (χ4n) is 3.31. The highest BCUT2D eigenvalue weighted by Gasteiger charge is 2.36. The summed E-state index contributed by atoms with van der Waals surface area (Å²) in [6.45, 7) is 6.14. The largest absolute Gasteiger partial charge is 0.497 e. The lowest BCUT2D eigenvalue weighted by molar-refractivity contribution is -0.160. The number of carbonyl (C=O) groups excluding carboxylic acids is 2. The molecule has 2 aromatic carbocycles. The van der Waals surface area contributed by atoms with Gasteiger partial charge in [-0.1, -0.05) is 42.5 Å². The fourth-order valence-corrected chi connectivity index (χ4v) is 3.31. The van der Waals surface area contributed by atoms with Crippen molar-refractivity contribution in [3.8, 4) is 5.75 Å². The molecule has 1 aliphatic rings. The number of nitrogens with zero attached hydrogens (tertiary/aromatic N) is 1. The van der Waals surface area contributed by atoms with Gasteiger partial charge >= 0.3 is 11.9 Å². The number of methoxy groups -OCH3 is 1. The van der Waals surface area contributed by atoms with Gasteiger partial charge in [-0.15, -0.1) is 0 Å². The lowest BCUT2D eigenvalue weighted by Crippen LogP contribution is -2.39. The smallest absolute Gasteiger partial charge is 0.335 e. The highest BCUT2D eigenvalue weighted by Crippen LogP contribution is 2.28. The quantitative estimate of drug-likeness (QED) is 0.621. The molecule has 2 aromatic rings.